The Labute approximate surface area is 78.3 Å². The van der Waals surface area contributed by atoms with Gasteiger partial charge in [-0.1, -0.05) is 0 Å². The average Bonchev–Trinajstić information content (AvgIpc) is 1.88. The molecule has 0 aromatic rings. The molecule has 0 rings (SSSR count). The zero-order chi connectivity index (χ0) is 6.83. The number of halogens is 2. The second-order valence-corrected chi connectivity index (χ2v) is 5.23. The summed E-state index contributed by atoms with van der Waals surface area (Å²) < 4.78 is 0. The summed E-state index contributed by atoms with van der Waals surface area (Å²) in [7, 11) is 10.5. The molecule has 0 unspecified atom stereocenters. The van der Waals surface area contributed by atoms with Gasteiger partial charge in [0.15, 0.2) is 0 Å². The summed E-state index contributed by atoms with van der Waals surface area (Å²) >= 11 is 0.509. The second-order valence-electron chi connectivity index (χ2n) is 1.13. The topological polar surface area (TPSA) is 28.5 Å². The van der Waals surface area contributed by atoms with E-state index < -0.39 is 0 Å². The summed E-state index contributed by atoms with van der Waals surface area (Å²) in [6.07, 6.45) is 0. The summed E-state index contributed by atoms with van der Waals surface area (Å²) in [5.41, 5.74) is 0. The van der Waals surface area contributed by atoms with Crippen molar-refractivity contribution in [1.29, 1.82) is 0 Å². The van der Waals surface area contributed by atoms with Gasteiger partial charge in [-0.05, 0) is 0 Å². The van der Waals surface area contributed by atoms with E-state index in [4.69, 9.17) is 20.1 Å². The van der Waals surface area contributed by atoms with Crippen LogP contribution >= 0.6 is 20.1 Å². The molecular formula is C4H10Al2Cl2O. The Morgan fingerprint density at radius 3 is 1.11 bits per heavy atom. The van der Waals surface area contributed by atoms with Gasteiger partial charge in [-0.2, -0.15) is 0 Å². The third-order valence-electron chi connectivity index (χ3n) is 0.309. The summed E-state index contributed by atoms with van der Waals surface area (Å²) in [4.78, 5) is 0. The summed E-state index contributed by atoms with van der Waals surface area (Å²) in [5, 5.41) is 2.34. The Morgan fingerprint density at radius 1 is 1.00 bits per heavy atom. The van der Waals surface area contributed by atoms with E-state index in [1.54, 1.807) is 0 Å². The first-order chi connectivity index (χ1) is 3.83. The molecular weight excluding hydrogens is 189 g/mol. The number of hydrogen-bond donors (Lipinski definition) is 0. The molecule has 0 saturated carbocycles. The van der Waals surface area contributed by atoms with Gasteiger partial charge in [-0.15, -0.1) is 0 Å². The maximum atomic E-state index is 5.27. The Hall–Kier alpha value is 1.60. The molecule has 5 heteroatoms. The van der Waals surface area contributed by atoms with Gasteiger partial charge in [0, 0.05) is 0 Å². The predicted molar refractivity (Wildman–Crippen MR) is 44.9 cm³/mol. The van der Waals surface area contributed by atoms with Crippen molar-refractivity contribution >= 4 is 48.7 Å². The molecule has 9 heavy (non-hydrogen) atoms. The van der Waals surface area contributed by atoms with Gasteiger partial charge in [0.25, 0.3) is 0 Å². The fraction of sp³-hybridized carbons (Fsp3) is 1.00. The molecule has 0 amide bonds. The summed E-state index contributed by atoms with van der Waals surface area (Å²) in [6.45, 7) is 4.17. The molecule has 0 aromatic heterocycles. The van der Waals surface area contributed by atoms with Crippen LogP contribution in [0.5, 0.6) is 0 Å². The van der Waals surface area contributed by atoms with Gasteiger partial charge in [-0.25, -0.2) is 0 Å². The van der Waals surface area contributed by atoms with E-state index in [0.717, 1.165) is 0 Å². The van der Waals surface area contributed by atoms with Gasteiger partial charge in [0.1, 0.15) is 0 Å². The van der Waals surface area contributed by atoms with Crippen molar-refractivity contribution in [2.75, 3.05) is 0 Å². The Bertz CT molecular complexity index is 24.5. The van der Waals surface area contributed by atoms with Crippen LogP contribution in [0.1, 0.15) is 13.8 Å². The van der Waals surface area contributed by atoms with E-state index in [1.165, 1.54) is 10.6 Å². The second kappa shape index (κ2) is 22.6. The van der Waals surface area contributed by atoms with E-state index in [9.17, 15) is 0 Å². The quantitative estimate of drug-likeness (QED) is 0.611. The molecule has 1 nitrogen and oxygen atoms in total. The maximum Gasteiger partial charge on any atom is -2.00 e. The van der Waals surface area contributed by atoms with Crippen molar-refractivity contribution in [3.05, 3.63) is 0 Å². The number of rotatable bonds is 2. The predicted octanol–water partition coefficient (Wildman–Crippen LogP) is 2.45. The van der Waals surface area contributed by atoms with E-state index in [0.29, 0.717) is 0 Å². The molecule has 0 aliphatic heterocycles. The third kappa shape index (κ3) is 42.7. The Kier molecular flexibility index (Phi) is 42.6. The first kappa shape index (κ1) is 16.9. The van der Waals surface area contributed by atoms with Crippen LogP contribution in [-0.2, 0) is 5.48 Å². The van der Waals surface area contributed by atoms with Gasteiger partial charge in [-0.3, -0.25) is 0 Å². The minimum absolute atomic E-state index is 0. The van der Waals surface area contributed by atoms with E-state index in [-0.39, 0.29) is 34.1 Å². The fourth-order valence-corrected chi connectivity index (χ4v) is 0. The van der Waals surface area contributed by atoms with Gasteiger partial charge in [0.2, 0.25) is 0 Å². The van der Waals surface area contributed by atoms with Crippen LogP contribution in [0.3, 0.4) is 0 Å². The zero-order valence-corrected chi connectivity index (χ0v) is 9.55. The van der Waals surface area contributed by atoms with Crippen molar-refractivity contribution in [3.8, 4) is 0 Å². The molecule has 0 radical (unpaired) electrons. The largest absolute Gasteiger partial charge is 2.00 e. The molecule has 0 aromatic carbocycles. The van der Waals surface area contributed by atoms with Crippen LogP contribution in [0, 0.1) is 0 Å². The monoisotopic (exact) mass is 198 g/mol. The summed E-state index contributed by atoms with van der Waals surface area (Å²) in [6, 6.07) is 0. The third-order valence-corrected chi connectivity index (χ3v) is 2.78. The first-order valence-electron chi connectivity index (χ1n) is 2.67. The zero-order valence-electron chi connectivity index (χ0n) is 5.73. The van der Waals surface area contributed by atoms with Crippen LogP contribution in [0.2, 0.25) is 10.6 Å². The van der Waals surface area contributed by atoms with Gasteiger partial charge < -0.3 is 5.48 Å². The van der Waals surface area contributed by atoms with Crippen LogP contribution in [0.15, 0.2) is 0 Å². The van der Waals surface area contributed by atoms with E-state index >= 15 is 0 Å². The minimum Gasteiger partial charge on any atom is -2.00 e. The van der Waals surface area contributed by atoms with Crippen molar-refractivity contribution in [2.24, 2.45) is 0 Å². The normalized spacial score (nSPS) is 4.89. The molecule has 0 atom stereocenters. The molecule has 0 heterocycles. The van der Waals surface area contributed by atoms with E-state index in [2.05, 4.69) is 13.8 Å². The van der Waals surface area contributed by atoms with E-state index in [1.807, 2.05) is 0 Å². The molecule has 0 aliphatic rings. The van der Waals surface area contributed by atoms with Crippen molar-refractivity contribution in [3.63, 3.8) is 0 Å². The standard InChI is InChI=1S/2C2H5.2Al.2ClH.O/c2*1-2;;;;;/h2*1H2,2H3;;;2*1H;/q;;2*+2;;;-2/p-2. The smallest absolute Gasteiger partial charge is 2.00 e. The molecule has 0 N–H and O–H groups in total. The van der Waals surface area contributed by atoms with Crippen molar-refractivity contribution < 1.29 is 5.48 Å². The summed E-state index contributed by atoms with van der Waals surface area (Å²) in [5.74, 6) is 0. The minimum atomic E-state index is 0. The van der Waals surface area contributed by atoms with Crippen LogP contribution < -0.4 is 0 Å². The van der Waals surface area contributed by atoms with Crippen molar-refractivity contribution in [2.45, 2.75) is 24.4 Å². The molecule has 0 fully saturated rings. The number of hydrogen-bond acceptors (Lipinski definition) is 0. The Balaban J connectivity index is -0.0000000720. The van der Waals surface area contributed by atoms with Crippen LogP contribution in [0.4, 0.5) is 0 Å². The molecule has 52 valence electrons. The molecule has 0 aliphatic carbocycles. The average molecular weight is 199 g/mol. The van der Waals surface area contributed by atoms with Crippen molar-refractivity contribution in [1.82, 2.24) is 0 Å². The first-order valence-corrected chi connectivity index (χ1v) is 7.79. The van der Waals surface area contributed by atoms with Crippen LogP contribution in [0.25, 0.3) is 0 Å². The van der Waals surface area contributed by atoms with Gasteiger partial charge >= 0.3 is 73.1 Å². The molecule has 0 spiro atoms. The fourth-order valence-electron chi connectivity index (χ4n) is 0. The maximum absolute atomic E-state index is 5.27. The molecule has 0 saturated heterocycles. The Morgan fingerprint density at radius 2 is 1.11 bits per heavy atom. The molecule has 0 bridgehead atoms. The van der Waals surface area contributed by atoms with Crippen LogP contribution in [-0.4, -0.2) is 28.6 Å². The van der Waals surface area contributed by atoms with Gasteiger partial charge in [0.05, 0.1) is 0 Å². The SMILES string of the molecule is C[CH2][Al+][Cl].C[CH2][Al+][Cl].[O-2].